The van der Waals surface area contributed by atoms with Crippen LogP contribution in [0.5, 0.6) is 5.75 Å². The summed E-state index contributed by atoms with van der Waals surface area (Å²) in [7, 11) is 0. The van der Waals surface area contributed by atoms with Gasteiger partial charge in [-0.05, 0) is 31.7 Å². The summed E-state index contributed by atoms with van der Waals surface area (Å²) >= 11 is 0. The fourth-order valence-electron chi connectivity index (χ4n) is 2.12. The van der Waals surface area contributed by atoms with Gasteiger partial charge in [0.05, 0.1) is 6.54 Å². The molecule has 0 aliphatic heterocycles. The van der Waals surface area contributed by atoms with Gasteiger partial charge in [-0.1, -0.05) is 17.7 Å². The van der Waals surface area contributed by atoms with Crippen molar-refractivity contribution < 1.29 is 15.0 Å². The van der Waals surface area contributed by atoms with E-state index < -0.39 is 5.97 Å². The molecule has 1 aromatic carbocycles. The van der Waals surface area contributed by atoms with Crippen molar-refractivity contribution in [1.29, 1.82) is 0 Å². The zero-order valence-corrected chi connectivity index (χ0v) is 10.6. The van der Waals surface area contributed by atoms with E-state index in [4.69, 9.17) is 5.11 Å². The molecule has 1 saturated carbocycles. The van der Waals surface area contributed by atoms with E-state index >= 15 is 0 Å². The average Bonchev–Trinajstić information content (AvgIpc) is 3.06. The molecule has 0 bridgehead atoms. The molecule has 2 rings (SSSR count). The molecule has 1 fully saturated rings. The third-order valence-corrected chi connectivity index (χ3v) is 3.20. The summed E-state index contributed by atoms with van der Waals surface area (Å²) < 4.78 is 0. The van der Waals surface area contributed by atoms with Gasteiger partial charge in [0, 0.05) is 18.7 Å². The highest BCUT2D eigenvalue weighted by atomic mass is 16.4. The highest BCUT2D eigenvalue weighted by Gasteiger charge is 2.25. The van der Waals surface area contributed by atoms with Gasteiger partial charge in [0.15, 0.2) is 0 Å². The predicted octanol–water partition coefficient (Wildman–Crippen LogP) is 2.00. The molecule has 1 aliphatic rings. The van der Waals surface area contributed by atoms with E-state index in [1.54, 1.807) is 6.07 Å². The minimum Gasteiger partial charge on any atom is -0.508 e. The van der Waals surface area contributed by atoms with Crippen LogP contribution in [0.25, 0.3) is 0 Å². The summed E-state index contributed by atoms with van der Waals surface area (Å²) in [6.45, 7) is 3.30. The van der Waals surface area contributed by atoms with E-state index in [1.807, 2.05) is 24.0 Å². The number of hydrogen-bond acceptors (Lipinski definition) is 3. The molecule has 1 aromatic rings. The number of hydrogen-bond donors (Lipinski definition) is 2. The number of aromatic hydroxyl groups is 1. The van der Waals surface area contributed by atoms with Gasteiger partial charge in [-0.3, -0.25) is 9.69 Å². The lowest BCUT2D eigenvalue weighted by molar-refractivity contribution is -0.138. The number of carboxylic acid groups (broad SMARTS) is 1. The van der Waals surface area contributed by atoms with Crippen LogP contribution in [-0.2, 0) is 11.3 Å². The van der Waals surface area contributed by atoms with Crippen LogP contribution < -0.4 is 0 Å². The molecule has 0 heterocycles. The molecule has 2 N–H and O–H groups in total. The Kier molecular flexibility index (Phi) is 3.87. The topological polar surface area (TPSA) is 60.8 Å². The molecule has 0 saturated heterocycles. The fraction of sp³-hybridized carbons (Fsp3) is 0.500. The fourth-order valence-corrected chi connectivity index (χ4v) is 2.12. The van der Waals surface area contributed by atoms with Crippen molar-refractivity contribution in [3.8, 4) is 5.75 Å². The molecule has 18 heavy (non-hydrogen) atoms. The Morgan fingerprint density at radius 3 is 2.78 bits per heavy atom. The van der Waals surface area contributed by atoms with Gasteiger partial charge >= 0.3 is 5.97 Å². The first kappa shape index (κ1) is 12.9. The van der Waals surface area contributed by atoms with Gasteiger partial charge < -0.3 is 10.2 Å². The smallest absolute Gasteiger partial charge is 0.317 e. The standard InChI is InChI=1S/C14H19NO3/c1-10-2-5-13(16)12(6-10)8-15(9-14(17)18)7-11-3-4-11/h2,5-6,11,16H,3-4,7-9H2,1H3,(H,17,18). The maximum absolute atomic E-state index is 10.8. The van der Waals surface area contributed by atoms with Gasteiger partial charge in [-0.2, -0.15) is 0 Å². The monoisotopic (exact) mass is 249 g/mol. The first-order valence-electron chi connectivity index (χ1n) is 6.27. The number of carboxylic acids is 1. The number of phenols is 1. The molecule has 0 unspecified atom stereocenters. The van der Waals surface area contributed by atoms with E-state index in [0.29, 0.717) is 12.5 Å². The zero-order valence-electron chi connectivity index (χ0n) is 10.6. The van der Waals surface area contributed by atoms with Gasteiger partial charge in [-0.15, -0.1) is 0 Å². The van der Waals surface area contributed by atoms with Crippen LogP contribution in [0.2, 0.25) is 0 Å². The Morgan fingerprint density at radius 2 is 2.17 bits per heavy atom. The SMILES string of the molecule is Cc1ccc(O)c(CN(CC(=O)O)CC2CC2)c1. The molecule has 4 nitrogen and oxygen atoms in total. The summed E-state index contributed by atoms with van der Waals surface area (Å²) in [6, 6.07) is 5.43. The highest BCUT2D eigenvalue weighted by molar-refractivity contribution is 5.69. The maximum atomic E-state index is 10.8. The third-order valence-electron chi connectivity index (χ3n) is 3.20. The van der Waals surface area contributed by atoms with Crippen molar-refractivity contribution in [1.82, 2.24) is 4.90 Å². The molecular weight excluding hydrogens is 230 g/mol. The number of phenolic OH excluding ortho intramolecular Hbond substituents is 1. The molecule has 0 atom stereocenters. The minimum absolute atomic E-state index is 0.0316. The second kappa shape index (κ2) is 5.40. The summed E-state index contributed by atoms with van der Waals surface area (Å²) in [5, 5.41) is 18.7. The van der Waals surface area contributed by atoms with Crippen molar-refractivity contribution in [2.24, 2.45) is 5.92 Å². The molecule has 1 aliphatic carbocycles. The Morgan fingerprint density at radius 1 is 1.44 bits per heavy atom. The van der Waals surface area contributed by atoms with Crippen LogP contribution >= 0.6 is 0 Å². The van der Waals surface area contributed by atoms with E-state index in [-0.39, 0.29) is 12.3 Å². The number of carbonyl (C=O) groups is 1. The minimum atomic E-state index is -0.817. The maximum Gasteiger partial charge on any atom is 0.317 e. The number of nitrogens with zero attached hydrogens (tertiary/aromatic N) is 1. The first-order chi connectivity index (χ1) is 8.54. The summed E-state index contributed by atoms with van der Waals surface area (Å²) in [5.41, 5.74) is 1.88. The van der Waals surface area contributed by atoms with Gasteiger partial charge in [-0.25, -0.2) is 0 Å². The first-order valence-corrected chi connectivity index (χ1v) is 6.27. The van der Waals surface area contributed by atoms with Crippen molar-refractivity contribution in [3.63, 3.8) is 0 Å². The van der Waals surface area contributed by atoms with Crippen LogP contribution in [0, 0.1) is 12.8 Å². The van der Waals surface area contributed by atoms with Crippen molar-refractivity contribution in [2.45, 2.75) is 26.3 Å². The van der Waals surface area contributed by atoms with Crippen molar-refractivity contribution in [2.75, 3.05) is 13.1 Å². The van der Waals surface area contributed by atoms with Gasteiger partial charge in [0.1, 0.15) is 5.75 Å². The van der Waals surface area contributed by atoms with Gasteiger partial charge in [0.2, 0.25) is 0 Å². The van der Waals surface area contributed by atoms with Crippen LogP contribution in [0.3, 0.4) is 0 Å². The van der Waals surface area contributed by atoms with Crippen LogP contribution in [0.1, 0.15) is 24.0 Å². The number of aryl methyl sites for hydroxylation is 1. The summed E-state index contributed by atoms with van der Waals surface area (Å²) in [5.74, 6) is 0.0610. The molecule has 0 amide bonds. The van der Waals surface area contributed by atoms with Crippen molar-refractivity contribution in [3.05, 3.63) is 29.3 Å². The normalized spacial score (nSPS) is 15.0. The molecule has 4 heteroatoms. The lowest BCUT2D eigenvalue weighted by atomic mass is 10.1. The Bertz CT molecular complexity index is 441. The predicted molar refractivity (Wildman–Crippen MR) is 68.5 cm³/mol. The highest BCUT2D eigenvalue weighted by Crippen LogP contribution is 2.30. The lowest BCUT2D eigenvalue weighted by Crippen LogP contribution is -2.31. The Hall–Kier alpha value is -1.55. The Balaban J connectivity index is 2.05. The number of aliphatic carboxylic acids is 1. The molecule has 0 radical (unpaired) electrons. The van der Waals surface area contributed by atoms with Crippen LogP contribution in [-0.4, -0.2) is 34.2 Å². The molecule has 0 aromatic heterocycles. The third kappa shape index (κ3) is 3.74. The van der Waals surface area contributed by atoms with E-state index in [2.05, 4.69) is 0 Å². The van der Waals surface area contributed by atoms with Crippen LogP contribution in [0.15, 0.2) is 18.2 Å². The molecular formula is C14H19NO3. The summed E-state index contributed by atoms with van der Waals surface area (Å²) in [4.78, 5) is 12.7. The average molecular weight is 249 g/mol. The van der Waals surface area contributed by atoms with Gasteiger partial charge in [0.25, 0.3) is 0 Å². The molecule has 98 valence electrons. The van der Waals surface area contributed by atoms with E-state index in [0.717, 1.165) is 17.7 Å². The summed E-state index contributed by atoms with van der Waals surface area (Å²) in [6.07, 6.45) is 2.38. The van der Waals surface area contributed by atoms with E-state index in [1.165, 1.54) is 12.8 Å². The number of rotatable bonds is 6. The quantitative estimate of drug-likeness (QED) is 0.809. The molecule has 0 spiro atoms. The van der Waals surface area contributed by atoms with E-state index in [9.17, 15) is 9.90 Å². The van der Waals surface area contributed by atoms with Crippen molar-refractivity contribution >= 4 is 5.97 Å². The second-order valence-corrected chi connectivity index (χ2v) is 5.14. The Labute approximate surface area is 107 Å². The number of benzene rings is 1. The van der Waals surface area contributed by atoms with Crippen LogP contribution in [0.4, 0.5) is 0 Å². The zero-order chi connectivity index (χ0) is 13.1. The lowest BCUT2D eigenvalue weighted by Gasteiger charge is -2.20. The second-order valence-electron chi connectivity index (χ2n) is 5.14. The largest absolute Gasteiger partial charge is 0.508 e.